The normalized spacial score (nSPS) is 11.4. The van der Waals surface area contributed by atoms with E-state index in [0.717, 1.165) is 44.8 Å². The molecule has 0 saturated carbocycles. The molecule has 1 aromatic rings. The molecular weight excluding hydrogens is 304 g/mol. The molecule has 0 amide bonds. The van der Waals surface area contributed by atoms with Crippen LogP contribution in [0.25, 0.3) is 0 Å². The van der Waals surface area contributed by atoms with Gasteiger partial charge in [-0.1, -0.05) is 26.7 Å². The number of primary sulfonamides is 1. The fourth-order valence-corrected chi connectivity index (χ4v) is 2.73. The molecule has 0 aliphatic carbocycles. The number of carboxylic acids is 1. The van der Waals surface area contributed by atoms with Crippen LogP contribution in [-0.2, 0) is 10.0 Å². The van der Waals surface area contributed by atoms with E-state index in [9.17, 15) is 18.3 Å². The molecule has 7 heteroatoms. The Morgan fingerprint density at radius 1 is 1.18 bits per heavy atom. The molecule has 0 aliphatic rings. The molecule has 0 unspecified atom stereocenters. The molecule has 0 spiro atoms. The maximum atomic E-state index is 11.5. The summed E-state index contributed by atoms with van der Waals surface area (Å²) in [7, 11) is -3.92. The topological polar surface area (TPSA) is 101 Å². The Morgan fingerprint density at radius 3 is 2.14 bits per heavy atom. The van der Waals surface area contributed by atoms with Gasteiger partial charge in [0.2, 0.25) is 10.0 Å². The fourth-order valence-electron chi connectivity index (χ4n) is 2.19. The van der Waals surface area contributed by atoms with E-state index in [0.29, 0.717) is 5.69 Å². The van der Waals surface area contributed by atoms with Crippen LogP contribution < -0.4 is 10.0 Å². The van der Waals surface area contributed by atoms with Gasteiger partial charge in [-0.2, -0.15) is 0 Å². The molecule has 0 atom stereocenters. The summed E-state index contributed by atoms with van der Waals surface area (Å²) in [6, 6.07) is 4.04. The number of unbranched alkanes of at least 4 members (excludes halogenated alkanes) is 2. The van der Waals surface area contributed by atoms with Gasteiger partial charge in [0, 0.05) is 13.1 Å². The van der Waals surface area contributed by atoms with Gasteiger partial charge in [0.15, 0.2) is 0 Å². The molecule has 0 aliphatic heterocycles. The molecule has 0 fully saturated rings. The van der Waals surface area contributed by atoms with Crippen LogP contribution in [0.1, 0.15) is 49.9 Å². The molecule has 22 heavy (non-hydrogen) atoms. The standard InChI is InChI=1S/C15H24N2O4S/c1-3-5-9-17(10-6-4-2)14-8-7-12(22(16,20)21)11-13(14)15(18)19/h7-8,11H,3-6,9-10H2,1-2H3,(H,18,19)(H2,16,20,21). The second kappa shape index (κ2) is 8.14. The zero-order valence-electron chi connectivity index (χ0n) is 13.1. The second-order valence-corrected chi connectivity index (χ2v) is 6.78. The van der Waals surface area contributed by atoms with Gasteiger partial charge in [0.25, 0.3) is 0 Å². The van der Waals surface area contributed by atoms with E-state index in [-0.39, 0.29) is 10.5 Å². The first-order chi connectivity index (χ1) is 10.3. The molecule has 0 bridgehead atoms. The first-order valence-corrected chi connectivity index (χ1v) is 9.01. The Balaban J connectivity index is 3.26. The van der Waals surface area contributed by atoms with E-state index in [1.807, 2.05) is 4.90 Å². The summed E-state index contributed by atoms with van der Waals surface area (Å²) in [4.78, 5) is 13.3. The smallest absolute Gasteiger partial charge is 0.337 e. The van der Waals surface area contributed by atoms with E-state index < -0.39 is 16.0 Å². The number of carbonyl (C=O) groups is 1. The third kappa shape index (κ3) is 4.99. The van der Waals surface area contributed by atoms with Crippen molar-refractivity contribution < 1.29 is 18.3 Å². The number of rotatable bonds is 9. The van der Waals surface area contributed by atoms with Crippen molar-refractivity contribution in [3.8, 4) is 0 Å². The highest BCUT2D eigenvalue weighted by Crippen LogP contribution is 2.25. The van der Waals surface area contributed by atoms with Crippen molar-refractivity contribution in [1.82, 2.24) is 0 Å². The highest BCUT2D eigenvalue weighted by molar-refractivity contribution is 7.89. The molecule has 0 radical (unpaired) electrons. The number of hydrogen-bond donors (Lipinski definition) is 2. The number of aromatic carboxylic acids is 1. The summed E-state index contributed by atoms with van der Waals surface area (Å²) >= 11 is 0. The van der Waals surface area contributed by atoms with Crippen LogP contribution in [0.3, 0.4) is 0 Å². The van der Waals surface area contributed by atoms with E-state index in [1.54, 1.807) is 0 Å². The maximum absolute atomic E-state index is 11.5. The zero-order valence-corrected chi connectivity index (χ0v) is 13.9. The molecule has 3 N–H and O–H groups in total. The summed E-state index contributed by atoms with van der Waals surface area (Å²) in [5.74, 6) is -1.15. The lowest BCUT2D eigenvalue weighted by Gasteiger charge is -2.26. The Morgan fingerprint density at radius 2 is 1.73 bits per heavy atom. The quantitative estimate of drug-likeness (QED) is 0.725. The van der Waals surface area contributed by atoms with Gasteiger partial charge in [0.1, 0.15) is 0 Å². The van der Waals surface area contributed by atoms with Gasteiger partial charge in [0.05, 0.1) is 16.1 Å². The first-order valence-electron chi connectivity index (χ1n) is 7.46. The SMILES string of the molecule is CCCCN(CCCC)c1ccc(S(N)(=O)=O)cc1C(=O)O. The lowest BCUT2D eigenvalue weighted by molar-refractivity contribution is 0.0697. The van der Waals surface area contributed by atoms with Crippen molar-refractivity contribution in [3.05, 3.63) is 23.8 Å². The highest BCUT2D eigenvalue weighted by atomic mass is 32.2. The minimum absolute atomic E-state index is 0.0290. The largest absolute Gasteiger partial charge is 0.478 e. The van der Waals surface area contributed by atoms with Crippen LogP contribution in [0.5, 0.6) is 0 Å². The van der Waals surface area contributed by atoms with Crippen LogP contribution in [0.15, 0.2) is 23.1 Å². The van der Waals surface area contributed by atoms with Crippen molar-refractivity contribution in [2.45, 2.75) is 44.4 Å². The van der Waals surface area contributed by atoms with E-state index in [4.69, 9.17) is 5.14 Å². The van der Waals surface area contributed by atoms with Gasteiger partial charge in [-0.25, -0.2) is 18.4 Å². The maximum Gasteiger partial charge on any atom is 0.337 e. The zero-order chi connectivity index (χ0) is 16.8. The number of nitrogens with two attached hydrogens (primary N) is 1. The summed E-state index contributed by atoms with van der Waals surface area (Å²) in [5, 5.41) is 14.5. The minimum Gasteiger partial charge on any atom is -0.478 e. The van der Waals surface area contributed by atoms with Gasteiger partial charge in [-0.3, -0.25) is 0 Å². The van der Waals surface area contributed by atoms with E-state index >= 15 is 0 Å². The average Bonchev–Trinajstić information content (AvgIpc) is 2.46. The molecule has 0 heterocycles. The average molecular weight is 328 g/mol. The number of sulfonamides is 1. The van der Waals surface area contributed by atoms with Gasteiger partial charge < -0.3 is 10.0 Å². The third-order valence-corrected chi connectivity index (χ3v) is 4.34. The highest BCUT2D eigenvalue weighted by Gasteiger charge is 2.19. The van der Waals surface area contributed by atoms with Crippen LogP contribution in [0.2, 0.25) is 0 Å². The number of carboxylic acid groups (broad SMARTS) is 1. The van der Waals surface area contributed by atoms with Gasteiger partial charge >= 0.3 is 5.97 Å². The van der Waals surface area contributed by atoms with Crippen LogP contribution in [0, 0.1) is 0 Å². The lowest BCUT2D eigenvalue weighted by Crippen LogP contribution is -2.27. The Kier molecular flexibility index (Phi) is 6.83. The summed E-state index contributed by atoms with van der Waals surface area (Å²) in [6.07, 6.45) is 3.89. The predicted molar refractivity (Wildman–Crippen MR) is 86.8 cm³/mol. The molecule has 1 aromatic carbocycles. The van der Waals surface area contributed by atoms with Crippen molar-refractivity contribution in [3.63, 3.8) is 0 Å². The Bertz CT molecular complexity index is 606. The fraction of sp³-hybridized carbons (Fsp3) is 0.533. The number of hydrogen-bond acceptors (Lipinski definition) is 4. The predicted octanol–water partition coefficient (Wildman–Crippen LogP) is 2.44. The van der Waals surface area contributed by atoms with Crippen molar-refractivity contribution in [2.75, 3.05) is 18.0 Å². The third-order valence-electron chi connectivity index (χ3n) is 3.43. The minimum atomic E-state index is -3.92. The van der Waals surface area contributed by atoms with Crippen LogP contribution in [0.4, 0.5) is 5.69 Å². The van der Waals surface area contributed by atoms with Crippen molar-refractivity contribution in [2.24, 2.45) is 5.14 Å². The molecule has 124 valence electrons. The number of anilines is 1. The Hall–Kier alpha value is -1.60. The second-order valence-electron chi connectivity index (χ2n) is 5.22. The van der Waals surface area contributed by atoms with Crippen molar-refractivity contribution in [1.29, 1.82) is 0 Å². The molecule has 0 saturated heterocycles. The lowest BCUT2D eigenvalue weighted by atomic mass is 10.1. The van der Waals surface area contributed by atoms with Crippen LogP contribution in [-0.4, -0.2) is 32.6 Å². The summed E-state index contributed by atoms with van der Waals surface area (Å²) in [6.45, 7) is 5.62. The van der Waals surface area contributed by atoms with Gasteiger partial charge in [-0.05, 0) is 31.0 Å². The number of benzene rings is 1. The van der Waals surface area contributed by atoms with Crippen LogP contribution >= 0.6 is 0 Å². The number of nitrogens with zero attached hydrogens (tertiary/aromatic N) is 1. The van der Waals surface area contributed by atoms with Gasteiger partial charge in [-0.15, -0.1) is 0 Å². The molecule has 6 nitrogen and oxygen atoms in total. The van der Waals surface area contributed by atoms with Crippen molar-refractivity contribution >= 4 is 21.7 Å². The Labute approximate surface area is 132 Å². The van der Waals surface area contributed by atoms with E-state index in [2.05, 4.69) is 13.8 Å². The summed E-state index contributed by atoms with van der Waals surface area (Å²) < 4.78 is 22.8. The first kappa shape index (κ1) is 18.4. The van der Waals surface area contributed by atoms with E-state index in [1.165, 1.54) is 12.1 Å². The molecule has 1 rings (SSSR count). The monoisotopic (exact) mass is 328 g/mol. The molecule has 0 aromatic heterocycles. The summed E-state index contributed by atoms with van der Waals surface area (Å²) in [5.41, 5.74) is 0.514. The molecular formula is C15H24N2O4S.